The number of amides is 2. The first-order valence-electron chi connectivity index (χ1n) is 8.46. The minimum atomic E-state index is -0.688. The summed E-state index contributed by atoms with van der Waals surface area (Å²) < 4.78 is 15.6. The molecule has 0 radical (unpaired) electrons. The van der Waals surface area contributed by atoms with Gasteiger partial charge in [-0.15, -0.1) is 11.3 Å². The number of aryl methyl sites for hydroxylation is 1. The number of nitrogens with two attached hydrogens (primary N) is 1. The highest BCUT2D eigenvalue weighted by Crippen LogP contribution is 2.33. The van der Waals surface area contributed by atoms with Crippen LogP contribution in [0.1, 0.15) is 38.1 Å². The number of hydrogen-bond acceptors (Lipinski definition) is 7. The fourth-order valence-corrected chi connectivity index (χ4v) is 3.49. The normalized spacial score (nSPS) is 10.3. The van der Waals surface area contributed by atoms with Crippen LogP contribution in [0.15, 0.2) is 18.2 Å². The summed E-state index contributed by atoms with van der Waals surface area (Å²) in [7, 11) is 1.47. The lowest BCUT2D eigenvalue weighted by atomic mass is 10.1. The van der Waals surface area contributed by atoms with E-state index < -0.39 is 17.8 Å². The number of hydrogen-bond donors (Lipinski definition) is 2. The number of primary amides is 1. The number of rotatable bonds is 8. The van der Waals surface area contributed by atoms with Crippen molar-refractivity contribution in [2.45, 2.75) is 20.8 Å². The van der Waals surface area contributed by atoms with E-state index in [0.717, 1.165) is 10.4 Å². The van der Waals surface area contributed by atoms with Crippen LogP contribution in [0.3, 0.4) is 0 Å². The molecular formula is C19H22N2O6S. The van der Waals surface area contributed by atoms with Gasteiger partial charge in [-0.2, -0.15) is 0 Å². The van der Waals surface area contributed by atoms with Gasteiger partial charge in [-0.05, 0) is 38.5 Å². The molecule has 1 heterocycles. The fourth-order valence-electron chi connectivity index (χ4n) is 2.42. The third-order valence-corrected chi connectivity index (χ3v) is 5.05. The molecule has 2 amide bonds. The molecule has 1 aromatic heterocycles. The first-order valence-corrected chi connectivity index (χ1v) is 9.27. The Bertz CT molecular complexity index is 906. The average molecular weight is 406 g/mol. The quantitative estimate of drug-likeness (QED) is 0.651. The van der Waals surface area contributed by atoms with Gasteiger partial charge in [0.1, 0.15) is 16.5 Å². The minimum absolute atomic E-state index is 0.128. The summed E-state index contributed by atoms with van der Waals surface area (Å²) in [5.74, 6) is -1.10. The van der Waals surface area contributed by atoms with Crippen LogP contribution in [-0.4, -0.2) is 38.1 Å². The van der Waals surface area contributed by atoms with E-state index in [9.17, 15) is 14.4 Å². The molecule has 0 atom stereocenters. The Balaban J connectivity index is 2.15. The molecule has 0 aliphatic carbocycles. The maximum Gasteiger partial charge on any atom is 0.341 e. The number of esters is 1. The molecule has 0 saturated heterocycles. The summed E-state index contributed by atoms with van der Waals surface area (Å²) in [6.07, 6.45) is 0. The van der Waals surface area contributed by atoms with Crippen molar-refractivity contribution < 1.29 is 28.6 Å². The molecule has 8 nitrogen and oxygen atoms in total. The molecule has 0 saturated carbocycles. The summed E-state index contributed by atoms with van der Waals surface area (Å²) in [5, 5.41) is 3.06. The molecule has 0 bridgehead atoms. The number of methoxy groups -OCH3 is 1. The lowest BCUT2D eigenvalue weighted by Gasteiger charge is -2.11. The second kappa shape index (κ2) is 9.23. The molecule has 2 aromatic rings. The van der Waals surface area contributed by atoms with Gasteiger partial charge in [0, 0.05) is 10.9 Å². The van der Waals surface area contributed by atoms with Crippen molar-refractivity contribution in [3.63, 3.8) is 0 Å². The van der Waals surface area contributed by atoms with Crippen molar-refractivity contribution in [1.82, 2.24) is 0 Å². The molecule has 0 fully saturated rings. The summed E-state index contributed by atoms with van der Waals surface area (Å²) in [6, 6.07) is 4.49. The number of benzene rings is 1. The highest BCUT2D eigenvalue weighted by Gasteiger charge is 2.22. The van der Waals surface area contributed by atoms with Gasteiger partial charge >= 0.3 is 5.97 Å². The van der Waals surface area contributed by atoms with Gasteiger partial charge in [0.2, 0.25) is 0 Å². The van der Waals surface area contributed by atoms with Crippen LogP contribution >= 0.6 is 11.3 Å². The molecular weight excluding hydrogens is 384 g/mol. The van der Waals surface area contributed by atoms with Crippen LogP contribution < -0.4 is 20.5 Å². The van der Waals surface area contributed by atoms with Crippen molar-refractivity contribution in [3.05, 3.63) is 39.8 Å². The molecule has 28 heavy (non-hydrogen) atoms. The van der Waals surface area contributed by atoms with Crippen molar-refractivity contribution in [2.75, 3.05) is 25.6 Å². The van der Waals surface area contributed by atoms with Crippen LogP contribution in [-0.2, 0) is 9.53 Å². The van der Waals surface area contributed by atoms with Crippen LogP contribution in [0.2, 0.25) is 0 Å². The Labute approximate surface area is 166 Å². The fraction of sp³-hybridized carbons (Fsp3) is 0.316. The molecule has 0 aliphatic heterocycles. The Kier molecular flexibility index (Phi) is 7.00. The third kappa shape index (κ3) is 4.80. The number of carbonyl (C=O) groups excluding carboxylic acids is 3. The monoisotopic (exact) mass is 406 g/mol. The SMILES string of the molecule is CCOC(=O)c1c(NC(=O)COc2cc(OC)ccc2C(N)=O)sc(C)c1C. The minimum Gasteiger partial charge on any atom is -0.497 e. The molecule has 9 heteroatoms. The predicted octanol–water partition coefficient (Wildman–Crippen LogP) is 2.67. The number of thiophene rings is 1. The van der Waals surface area contributed by atoms with E-state index in [2.05, 4.69) is 5.32 Å². The first-order chi connectivity index (χ1) is 13.3. The first kappa shape index (κ1) is 21.2. The van der Waals surface area contributed by atoms with E-state index in [4.69, 9.17) is 19.9 Å². The van der Waals surface area contributed by atoms with E-state index in [0.29, 0.717) is 16.3 Å². The second-order valence-corrected chi connectivity index (χ2v) is 7.00. The number of anilines is 1. The maximum absolute atomic E-state index is 12.3. The van der Waals surface area contributed by atoms with E-state index in [1.807, 2.05) is 6.92 Å². The molecule has 0 spiro atoms. The van der Waals surface area contributed by atoms with Gasteiger partial charge in [0.05, 0.1) is 24.8 Å². The standard InChI is InChI=1S/C19H22N2O6S/c1-5-26-19(24)16-10(2)11(3)28-18(16)21-15(22)9-27-14-8-12(25-4)6-7-13(14)17(20)23/h6-8H,5,9H2,1-4H3,(H2,20,23)(H,21,22). The largest absolute Gasteiger partial charge is 0.497 e. The summed E-state index contributed by atoms with van der Waals surface area (Å²) in [5.41, 5.74) is 6.54. The lowest BCUT2D eigenvalue weighted by Crippen LogP contribution is -2.22. The summed E-state index contributed by atoms with van der Waals surface area (Å²) >= 11 is 1.28. The lowest BCUT2D eigenvalue weighted by molar-refractivity contribution is -0.118. The van der Waals surface area contributed by atoms with Gasteiger partial charge in [0.15, 0.2) is 6.61 Å². The topological polar surface area (TPSA) is 117 Å². The van der Waals surface area contributed by atoms with Crippen LogP contribution in [0.4, 0.5) is 5.00 Å². The smallest absolute Gasteiger partial charge is 0.341 e. The van der Waals surface area contributed by atoms with Crippen LogP contribution in [0.5, 0.6) is 11.5 Å². The van der Waals surface area contributed by atoms with Crippen molar-refractivity contribution in [2.24, 2.45) is 5.73 Å². The third-order valence-electron chi connectivity index (χ3n) is 3.93. The van der Waals surface area contributed by atoms with Crippen molar-refractivity contribution >= 4 is 34.1 Å². The zero-order valence-corrected chi connectivity index (χ0v) is 16.9. The number of carbonyl (C=O) groups is 3. The zero-order valence-electron chi connectivity index (χ0n) is 16.1. The van der Waals surface area contributed by atoms with E-state index >= 15 is 0 Å². The Hall–Kier alpha value is -3.07. The Morgan fingerprint density at radius 2 is 1.93 bits per heavy atom. The molecule has 3 N–H and O–H groups in total. The highest BCUT2D eigenvalue weighted by atomic mass is 32.1. The Morgan fingerprint density at radius 1 is 1.21 bits per heavy atom. The second-order valence-electron chi connectivity index (χ2n) is 5.77. The molecule has 150 valence electrons. The van der Waals surface area contributed by atoms with Crippen LogP contribution in [0, 0.1) is 13.8 Å². The van der Waals surface area contributed by atoms with Gasteiger partial charge < -0.3 is 25.3 Å². The summed E-state index contributed by atoms with van der Waals surface area (Å²) in [4.78, 5) is 37.0. The van der Waals surface area contributed by atoms with Crippen molar-refractivity contribution in [1.29, 1.82) is 0 Å². The number of nitrogens with one attached hydrogen (secondary N) is 1. The summed E-state index contributed by atoms with van der Waals surface area (Å²) in [6.45, 7) is 5.20. The molecule has 0 aliphatic rings. The highest BCUT2D eigenvalue weighted by molar-refractivity contribution is 7.16. The van der Waals surface area contributed by atoms with E-state index in [1.165, 1.54) is 30.6 Å². The average Bonchev–Trinajstić information content (AvgIpc) is 2.93. The van der Waals surface area contributed by atoms with Gasteiger partial charge in [-0.3, -0.25) is 9.59 Å². The predicted molar refractivity (Wildman–Crippen MR) is 105 cm³/mol. The van der Waals surface area contributed by atoms with Crippen LogP contribution in [0.25, 0.3) is 0 Å². The maximum atomic E-state index is 12.3. The molecule has 1 aromatic carbocycles. The van der Waals surface area contributed by atoms with E-state index in [1.54, 1.807) is 19.9 Å². The van der Waals surface area contributed by atoms with E-state index in [-0.39, 0.29) is 24.5 Å². The van der Waals surface area contributed by atoms with Gasteiger partial charge in [0.25, 0.3) is 11.8 Å². The van der Waals surface area contributed by atoms with Crippen molar-refractivity contribution in [3.8, 4) is 11.5 Å². The molecule has 0 unspecified atom stereocenters. The Morgan fingerprint density at radius 3 is 2.54 bits per heavy atom. The van der Waals surface area contributed by atoms with Gasteiger partial charge in [-0.1, -0.05) is 0 Å². The zero-order chi connectivity index (χ0) is 20.8. The number of ether oxygens (including phenoxy) is 3. The van der Waals surface area contributed by atoms with Gasteiger partial charge in [-0.25, -0.2) is 4.79 Å². The molecule has 2 rings (SSSR count).